The van der Waals surface area contributed by atoms with Crippen molar-refractivity contribution < 1.29 is 119 Å². The fourth-order valence-corrected chi connectivity index (χ4v) is 15.4. The molecule has 6 aliphatic heterocycles. The van der Waals surface area contributed by atoms with Crippen LogP contribution in [0.5, 0.6) is 0 Å². The van der Waals surface area contributed by atoms with E-state index in [0.29, 0.717) is 19.3 Å². The molecule has 4 aliphatic carbocycles. The van der Waals surface area contributed by atoms with Gasteiger partial charge in [-0.25, -0.2) is 0 Å². The minimum absolute atomic E-state index is 0.0464. The van der Waals surface area contributed by atoms with Crippen molar-refractivity contribution in [3.63, 3.8) is 0 Å². The van der Waals surface area contributed by atoms with Crippen molar-refractivity contribution in [2.45, 2.75) is 233 Å². The summed E-state index contributed by atoms with van der Waals surface area (Å²) in [7, 11) is 0. The number of aliphatic hydroxyl groups excluding tert-OH is 14. The Morgan fingerprint density at radius 2 is 1.22 bits per heavy atom. The van der Waals surface area contributed by atoms with Gasteiger partial charge < -0.3 is 119 Å². The van der Waals surface area contributed by atoms with E-state index in [0.717, 1.165) is 5.57 Å². The summed E-state index contributed by atoms with van der Waals surface area (Å²) in [6, 6.07) is 0. The van der Waals surface area contributed by atoms with Crippen LogP contribution in [-0.4, -0.2) is 250 Å². The first kappa shape index (κ1) is 56.1. The maximum Gasteiger partial charge on any atom is 0.200 e. The molecular weight excluding hydrogens is 985 g/mol. The molecule has 0 aromatic heterocycles. The van der Waals surface area contributed by atoms with Gasteiger partial charge in [0.2, 0.25) is 0 Å². The lowest BCUT2D eigenvalue weighted by Gasteiger charge is -2.62. The van der Waals surface area contributed by atoms with Gasteiger partial charge in [0.15, 0.2) is 30.9 Å². The summed E-state index contributed by atoms with van der Waals surface area (Å²) in [5.41, 5.74) is -0.807. The highest BCUT2D eigenvalue weighted by molar-refractivity contribution is 5.30. The zero-order valence-corrected chi connectivity index (χ0v) is 42.5. The van der Waals surface area contributed by atoms with Crippen molar-refractivity contribution in [2.24, 2.45) is 46.3 Å². The van der Waals surface area contributed by atoms with E-state index in [9.17, 15) is 71.5 Å². The van der Waals surface area contributed by atoms with Gasteiger partial charge in [0.1, 0.15) is 85.5 Å². The summed E-state index contributed by atoms with van der Waals surface area (Å²) in [5.74, 6) is -3.28. The second kappa shape index (κ2) is 20.7. The second-order valence-corrected chi connectivity index (χ2v) is 23.8. The van der Waals surface area contributed by atoms with Crippen LogP contribution in [0.4, 0.5) is 0 Å². The zero-order valence-electron chi connectivity index (χ0n) is 42.5. The van der Waals surface area contributed by atoms with Gasteiger partial charge in [-0.3, -0.25) is 0 Å². The van der Waals surface area contributed by atoms with Crippen LogP contribution in [0.15, 0.2) is 11.6 Å². The molecule has 0 aromatic rings. The van der Waals surface area contributed by atoms with E-state index >= 15 is 0 Å². The topological polar surface area (TPSA) is 376 Å². The van der Waals surface area contributed by atoms with E-state index in [1.165, 1.54) is 6.92 Å². The van der Waals surface area contributed by atoms with Gasteiger partial charge in [-0.2, -0.15) is 0 Å². The van der Waals surface area contributed by atoms with Crippen LogP contribution in [0.3, 0.4) is 0 Å². The highest BCUT2D eigenvalue weighted by atomic mass is 16.8. The van der Waals surface area contributed by atoms with Gasteiger partial charge >= 0.3 is 0 Å². The Kier molecular flexibility index (Phi) is 15.7. The summed E-state index contributed by atoms with van der Waals surface area (Å²) in [6.07, 6.45) is -31.2. The lowest BCUT2D eigenvalue weighted by molar-refractivity contribution is -0.393. The molecule has 9 fully saturated rings. The van der Waals surface area contributed by atoms with E-state index in [2.05, 4.69) is 13.0 Å². The Bertz CT molecular complexity index is 2010. The lowest BCUT2D eigenvalue weighted by Crippen LogP contribution is -2.67. The normalized spacial score (nSPS) is 59.6. The summed E-state index contributed by atoms with van der Waals surface area (Å²) in [5, 5.41) is 155. The average molecular weight is 1070 g/mol. The van der Waals surface area contributed by atoms with Crippen LogP contribution in [0, 0.1) is 46.3 Å². The number of aliphatic hydroxyl groups is 14. The van der Waals surface area contributed by atoms with Crippen LogP contribution in [0.1, 0.15) is 73.6 Å². The smallest absolute Gasteiger partial charge is 0.200 e. The van der Waals surface area contributed by atoms with Crippen molar-refractivity contribution in [1.82, 2.24) is 0 Å². The van der Waals surface area contributed by atoms with Gasteiger partial charge in [0, 0.05) is 35.0 Å². The first-order valence-corrected chi connectivity index (χ1v) is 26.6. The Morgan fingerprint density at radius 1 is 0.608 bits per heavy atom. The molecule has 6 saturated heterocycles. The van der Waals surface area contributed by atoms with Crippen LogP contribution in [-0.2, 0) is 47.4 Å². The molecule has 424 valence electrons. The Labute approximate surface area is 428 Å². The minimum Gasteiger partial charge on any atom is -0.394 e. The second-order valence-electron chi connectivity index (χ2n) is 23.8. The van der Waals surface area contributed by atoms with E-state index in [4.69, 9.17) is 47.4 Å². The molecule has 74 heavy (non-hydrogen) atoms. The summed E-state index contributed by atoms with van der Waals surface area (Å²) in [6.45, 7) is 9.69. The SMILES string of the molecule is C[C@@H]1CO[C@@]2(O[C@H]3C[C@H]4[C@@H]5CC=C6C[C@@H](O)C[C@@H](O[C@@H]7O[C@H](CO)[C@@H](O)[C@H](O[C@@H]8OC[C@@H](O)[C@H](O)[C@H]8O)[C@H]7O[C@@H]7O[C@@H](C)[C@H](O)[C@@H](O)[C@H]7O)[C@]6(C)[C@H]5C[C@@H](O)[C@]4(C)[C@H]3[C@H]2C)[C@@H](O)[C@H]1O[C@@H]1O[C@H](C)[C@H](O)[C@@H](O)[C@H]1O. The average Bonchev–Trinajstić information content (AvgIpc) is 3.83. The first-order chi connectivity index (χ1) is 34.9. The molecule has 34 atom stereocenters. The standard InChI is InChI=1S/C50H80O24/c1-16-14-66-50(43(64)40(16)71-45-38(62)35(59)31(55)18(3)67-45)17(2)30-26(74-50)11-23-22-8-7-20-9-21(52)10-29(48(20,5)24(22)12-28(54)49(23,30)6)70-47-42(73-46-39(63)36(60)32(56)19(4)68-46)41(34(58)27(13-51)69-47)72-44-37(61)33(57)25(53)15-65-44/h7,16-19,21-47,51-64H,8-15H2,1-6H3/t16-,17-,18-,19+,21-,22+,23+,24+,25-,26+,27-,28-,29-,30+,31+,32+,33+,34-,35-,36-,37-,38-,39-,40+,41+,42-,43+,44+,45+,46+,47+,48+,49-,50+/m1/s1. The summed E-state index contributed by atoms with van der Waals surface area (Å²) >= 11 is 0. The summed E-state index contributed by atoms with van der Waals surface area (Å²) in [4.78, 5) is 0. The monoisotopic (exact) mass is 1060 g/mol. The van der Waals surface area contributed by atoms with Crippen molar-refractivity contribution in [1.29, 1.82) is 0 Å². The molecule has 0 radical (unpaired) electrons. The third kappa shape index (κ3) is 8.81. The number of hydrogen-bond acceptors (Lipinski definition) is 24. The Balaban J connectivity index is 0.927. The number of rotatable bonds is 9. The van der Waals surface area contributed by atoms with E-state index in [1.54, 1.807) is 6.92 Å². The third-order valence-electron chi connectivity index (χ3n) is 19.7. The van der Waals surface area contributed by atoms with E-state index in [1.807, 2.05) is 20.8 Å². The molecule has 0 unspecified atom stereocenters. The third-order valence-corrected chi connectivity index (χ3v) is 19.7. The number of hydrogen-bond donors (Lipinski definition) is 14. The van der Waals surface area contributed by atoms with Crippen molar-refractivity contribution in [3.8, 4) is 0 Å². The molecule has 24 heteroatoms. The molecular formula is C50H80O24. The Morgan fingerprint density at radius 3 is 1.85 bits per heavy atom. The molecule has 0 aromatic carbocycles. The van der Waals surface area contributed by atoms with Gasteiger partial charge in [0.05, 0.1) is 62.5 Å². The highest BCUT2D eigenvalue weighted by Gasteiger charge is 2.74. The molecule has 10 aliphatic rings. The molecule has 3 saturated carbocycles. The number of ether oxygens (including phenoxy) is 10. The first-order valence-electron chi connectivity index (χ1n) is 26.6. The van der Waals surface area contributed by atoms with Gasteiger partial charge in [-0.05, 0) is 57.3 Å². The van der Waals surface area contributed by atoms with Crippen molar-refractivity contribution >= 4 is 0 Å². The van der Waals surface area contributed by atoms with Crippen LogP contribution >= 0.6 is 0 Å². The largest absolute Gasteiger partial charge is 0.394 e. The van der Waals surface area contributed by atoms with Crippen LogP contribution in [0.2, 0.25) is 0 Å². The predicted molar refractivity (Wildman–Crippen MR) is 245 cm³/mol. The molecule has 6 heterocycles. The number of fused-ring (bicyclic) bond motifs is 7. The highest BCUT2D eigenvalue weighted by Crippen LogP contribution is 2.71. The van der Waals surface area contributed by atoms with E-state index in [-0.39, 0.29) is 43.1 Å². The minimum atomic E-state index is -1.86. The quantitative estimate of drug-likeness (QED) is 0.0970. The fraction of sp³-hybridized carbons (Fsp3) is 0.960. The van der Waals surface area contributed by atoms with Crippen molar-refractivity contribution in [2.75, 3.05) is 19.8 Å². The molecule has 0 bridgehead atoms. The molecule has 0 amide bonds. The van der Waals surface area contributed by atoms with Crippen LogP contribution in [0.25, 0.3) is 0 Å². The molecule has 24 nitrogen and oxygen atoms in total. The maximum atomic E-state index is 12.8. The number of allylic oxidation sites excluding steroid dienone is 1. The van der Waals surface area contributed by atoms with Gasteiger partial charge in [-0.15, -0.1) is 0 Å². The van der Waals surface area contributed by atoms with Gasteiger partial charge in [-0.1, -0.05) is 39.3 Å². The zero-order chi connectivity index (χ0) is 53.4. The van der Waals surface area contributed by atoms with Crippen LogP contribution < -0.4 is 0 Å². The van der Waals surface area contributed by atoms with E-state index < -0.39 is 195 Å². The molecule has 1 spiro atoms. The Hall–Kier alpha value is -1.22. The summed E-state index contributed by atoms with van der Waals surface area (Å²) < 4.78 is 62.6. The predicted octanol–water partition coefficient (Wildman–Crippen LogP) is -4.41. The maximum absolute atomic E-state index is 12.8. The lowest BCUT2D eigenvalue weighted by atomic mass is 9.45. The molecule has 10 rings (SSSR count). The molecule has 14 N–H and O–H groups in total. The van der Waals surface area contributed by atoms with Gasteiger partial charge in [0.25, 0.3) is 0 Å². The fourth-order valence-electron chi connectivity index (χ4n) is 15.4. The van der Waals surface area contributed by atoms with Crippen molar-refractivity contribution in [3.05, 3.63) is 11.6 Å².